The molecule has 0 heterocycles. The minimum atomic E-state index is 0.800. The van der Waals surface area contributed by atoms with Crippen molar-refractivity contribution in [3.8, 4) is 0 Å². The minimum absolute atomic E-state index is 0.800. The molecule has 106 valence electrons. The van der Waals surface area contributed by atoms with Crippen LogP contribution in [0.5, 0.6) is 0 Å². The van der Waals surface area contributed by atoms with Crippen molar-refractivity contribution in [2.24, 2.45) is 0 Å². The number of hydrogen-bond acceptors (Lipinski definition) is 2. The summed E-state index contributed by atoms with van der Waals surface area (Å²) in [7, 11) is 0. The zero-order valence-electron chi connectivity index (χ0n) is 12.6. The van der Waals surface area contributed by atoms with E-state index in [1.165, 1.54) is 11.3 Å². The van der Waals surface area contributed by atoms with Crippen LogP contribution in [0, 0.1) is 0 Å². The van der Waals surface area contributed by atoms with Crippen molar-refractivity contribution >= 4 is 5.69 Å². The summed E-state index contributed by atoms with van der Waals surface area (Å²) in [6.45, 7) is 9.42. The van der Waals surface area contributed by atoms with Crippen LogP contribution in [-0.4, -0.2) is 19.7 Å². The third-order valence-electron chi connectivity index (χ3n) is 3.22. The van der Waals surface area contributed by atoms with E-state index in [1.807, 2.05) is 12.3 Å². The Hall–Kier alpha value is -1.44. The van der Waals surface area contributed by atoms with E-state index < -0.39 is 0 Å². The van der Waals surface area contributed by atoms with Crippen molar-refractivity contribution in [1.82, 2.24) is 0 Å². The highest BCUT2D eigenvalue weighted by Gasteiger charge is 2.01. The Morgan fingerprint density at radius 2 is 1.74 bits per heavy atom. The lowest BCUT2D eigenvalue weighted by Crippen LogP contribution is -2.21. The van der Waals surface area contributed by atoms with E-state index in [4.69, 9.17) is 4.74 Å². The first kappa shape index (κ1) is 15.6. The van der Waals surface area contributed by atoms with Crippen molar-refractivity contribution in [3.05, 3.63) is 42.2 Å². The quantitative estimate of drug-likeness (QED) is 0.482. The lowest BCUT2D eigenvalue weighted by Gasteiger charge is -2.21. The molecule has 0 atom stereocenters. The van der Waals surface area contributed by atoms with Gasteiger partial charge in [-0.2, -0.15) is 0 Å². The molecule has 1 rings (SSSR count). The number of benzene rings is 1. The largest absolute Gasteiger partial charge is 0.502 e. The van der Waals surface area contributed by atoms with E-state index in [1.54, 1.807) is 0 Å². The van der Waals surface area contributed by atoms with Gasteiger partial charge in [-0.25, -0.2) is 0 Å². The molecular weight excluding hydrogens is 234 g/mol. The van der Waals surface area contributed by atoms with Gasteiger partial charge in [-0.1, -0.05) is 25.1 Å². The van der Waals surface area contributed by atoms with Crippen LogP contribution in [0.15, 0.2) is 36.6 Å². The fraction of sp³-hybridized carbons (Fsp3) is 0.529. The molecule has 0 aliphatic carbocycles. The van der Waals surface area contributed by atoms with Gasteiger partial charge in [-0.05, 0) is 50.8 Å². The average molecular weight is 261 g/mol. The van der Waals surface area contributed by atoms with Gasteiger partial charge >= 0.3 is 0 Å². The lowest BCUT2D eigenvalue weighted by molar-refractivity contribution is 0.244. The smallest absolute Gasteiger partial charge is 0.0876 e. The van der Waals surface area contributed by atoms with E-state index >= 15 is 0 Å². The minimum Gasteiger partial charge on any atom is -0.502 e. The summed E-state index contributed by atoms with van der Waals surface area (Å²) in [4.78, 5) is 2.36. The first-order chi connectivity index (χ1) is 9.31. The normalized spacial score (nSPS) is 10.9. The Morgan fingerprint density at radius 1 is 1.05 bits per heavy atom. The summed E-state index contributed by atoms with van der Waals surface area (Å²) in [5.74, 6) is 0. The van der Waals surface area contributed by atoms with Gasteiger partial charge in [-0.15, -0.1) is 0 Å². The Morgan fingerprint density at radius 3 is 2.32 bits per heavy atom. The zero-order chi connectivity index (χ0) is 13.9. The number of ether oxygens (including phenoxy) is 1. The molecule has 1 aromatic carbocycles. The fourth-order valence-electron chi connectivity index (χ4n) is 2.05. The highest BCUT2D eigenvalue weighted by atomic mass is 16.5. The Labute approximate surface area is 118 Å². The molecule has 2 heteroatoms. The van der Waals surface area contributed by atoms with Gasteiger partial charge in [0.05, 0.1) is 12.9 Å². The summed E-state index contributed by atoms with van der Waals surface area (Å²) in [6.07, 6.45) is 7.03. The number of anilines is 1. The van der Waals surface area contributed by atoms with E-state index in [9.17, 15) is 0 Å². The van der Waals surface area contributed by atoms with Crippen LogP contribution in [0.1, 0.15) is 39.2 Å². The molecule has 0 aliphatic heterocycles. The Kier molecular flexibility index (Phi) is 7.80. The van der Waals surface area contributed by atoms with Gasteiger partial charge in [-0.3, -0.25) is 0 Å². The van der Waals surface area contributed by atoms with E-state index in [0.717, 1.165) is 39.0 Å². The molecule has 19 heavy (non-hydrogen) atoms. The second-order valence-corrected chi connectivity index (χ2v) is 4.59. The van der Waals surface area contributed by atoms with Gasteiger partial charge in [0.15, 0.2) is 0 Å². The van der Waals surface area contributed by atoms with Crippen LogP contribution < -0.4 is 4.90 Å². The van der Waals surface area contributed by atoms with Crippen molar-refractivity contribution in [2.45, 2.75) is 40.0 Å². The summed E-state index contributed by atoms with van der Waals surface area (Å²) in [5, 5.41) is 0. The third-order valence-corrected chi connectivity index (χ3v) is 3.22. The van der Waals surface area contributed by atoms with Gasteiger partial charge in [0, 0.05) is 18.8 Å². The maximum atomic E-state index is 5.40. The van der Waals surface area contributed by atoms with Gasteiger partial charge in [0.2, 0.25) is 0 Å². The highest BCUT2D eigenvalue weighted by molar-refractivity contribution is 5.47. The van der Waals surface area contributed by atoms with Crippen LogP contribution in [0.2, 0.25) is 0 Å². The third kappa shape index (κ3) is 5.82. The highest BCUT2D eigenvalue weighted by Crippen LogP contribution is 2.15. The number of nitrogens with zero attached hydrogens (tertiary/aromatic N) is 1. The molecule has 1 aromatic rings. The van der Waals surface area contributed by atoms with Crippen molar-refractivity contribution in [2.75, 3.05) is 24.6 Å². The van der Waals surface area contributed by atoms with Gasteiger partial charge in [0.1, 0.15) is 0 Å². The van der Waals surface area contributed by atoms with E-state index in [2.05, 4.69) is 49.9 Å². The number of rotatable bonds is 9. The molecule has 0 aromatic heterocycles. The predicted molar refractivity (Wildman–Crippen MR) is 83.7 cm³/mol. The topological polar surface area (TPSA) is 12.5 Å². The lowest BCUT2D eigenvalue weighted by atomic mass is 10.1. The zero-order valence-corrected chi connectivity index (χ0v) is 12.6. The van der Waals surface area contributed by atoms with Gasteiger partial charge < -0.3 is 9.64 Å². The molecule has 0 unspecified atom stereocenters. The van der Waals surface area contributed by atoms with Crippen LogP contribution in [0.25, 0.3) is 0 Å². The number of aryl methyl sites for hydroxylation is 1. The predicted octanol–water partition coefficient (Wildman–Crippen LogP) is 4.41. The molecule has 0 radical (unpaired) electrons. The van der Waals surface area contributed by atoms with Crippen LogP contribution >= 0.6 is 0 Å². The molecular formula is C17H27NO. The van der Waals surface area contributed by atoms with Gasteiger partial charge in [0.25, 0.3) is 0 Å². The van der Waals surface area contributed by atoms with Crippen molar-refractivity contribution in [1.29, 1.82) is 0 Å². The summed E-state index contributed by atoms with van der Waals surface area (Å²) < 4.78 is 5.40. The van der Waals surface area contributed by atoms with E-state index in [0.29, 0.717) is 0 Å². The number of allylic oxidation sites excluding steroid dienone is 1. The molecule has 0 amide bonds. The molecule has 0 aliphatic rings. The molecule has 0 fully saturated rings. The molecule has 0 saturated carbocycles. The van der Waals surface area contributed by atoms with E-state index in [-0.39, 0.29) is 0 Å². The van der Waals surface area contributed by atoms with Crippen LogP contribution in [-0.2, 0) is 11.2 Å². The van der Waals surface area contributed by atoms with Crippen molar-refractivity contribution in [3.63, 3.8) is 0 Å². The average Bonchev–Trinajstić information content (AvgIpc) is 2.45. The standard InChI is InChI=1S/C17H27NO/c1-4-7-14-19-15-8-9-16-10-12-17(13-11-16)18(5-2)6-3/h7,10-14H,4-6,8-9,15H2,1-3H3. The van der Waals surface area contributed by atoms with Crippen LogP contribution in [0.4, 0.5) is 5.69 Å². The Balaban J connectivity index is 2.34. The summed E-state index contributed by atoms with van der Waals surface area (Å²) in [5.41, 5.74) is 2.70. The van der Waals surface area contributed by atoms with Crippen molar-refractivity contribution < 1.29 is 4.74 Å². The fourth-order valence-corrected chi connectivity index (χ4v) is 2.05. The first-order valence-corrected chi connectivity index (χ1v) is 7.42. The molecule has 0 spiro atoms. The maximum absolute atomic E-state index is 5.40. The SMILES string of the molecule is CCC=COCCCc1ccc(N(CC)CC)cc1. The number of hydrogen-bond donors (Lipinski definition) is 0. The summed E-state index contributed by atoms with van der Waals surface area (Å²) >= 11 is 0. The molecule has 0 saturated heterocycles. The Bertz CT molecular complexity index is 352. The summed E-state index contributed by atoms with van der Waals surface area (Å²) in [6, 6.07) is 8.91. The molecule has 0 N–H and O–H groups in total. The van der Waals surface area contributed by atoms with Crippen LogP contribution in [0.3, 0.4) is 0 Å². The second kappa shape index (κ2) is 9.48. The second-order valence-electron chi connectivity index (χ2n) is 4.59. The molecule has 0 bridgehead atoms. The monoisotopic (exact) mass is 261 g/mol. The maximum Gasteiger partial charge on any atom is 0.0876 e. The molecule has 2 nitrogen and oxygen atoms in total. The first-order valence-electron chi connectivity index (χ1n) is 7.42.